The highest BCUT2D eigenvalue weighted by Gasteiger charge is 2.35. The van der Waals surface area contributed by atoms with Crippen molar-refractivity contribution in [2.75, 3.05) is 33.2 Å². The topological polar surface area (TPSA) is 35.6 Å². The lowest BCUT2D eigenvalue weighted by Gasteiger charge is -2.26. The molecule has 102 valence electrons. The Kier molecular flexibility index (Phi) is 3.57. The standard InChI is InChI=1S/C14H25N3O/c1-16-12-4-5-13(16)10-17(7-6-12)14(18)9-15-8-11-2-3-11/h11-13,15H,2-10H2,1H3. The van der Waals surface area contributed by atoms with Gasteiger partial charge in [0, 0.05) is 25.2 Å². The molecule has 0 radical (unpaired) electrons. The summed E-state index contributed by atoms with van der Waals surface area (Å²) in [6.45, 7) is 3.47. The van der Waals surface area contributed by atoms with E-state index in [4.69, 9.17) is 0 Å². The van der Waals surface area contributed by atoms with E-state index in [1.54, 1.807) is 0 Å². The number of carbonyl (C=O) groups excluding carboxylic acids is 1. The Bertz CT molecular complexity index is 316. The van der Waals surface area contributed by atoms with Gasteiger partial charge in [0.1, 0.15) is 0 Å². The van der Waals surface area contributed by atoms with Gasteiger partial charge in [-0.1, -0.05) is 0 Å². The summed E-state index contributed by atoms with van der Waals surface area (Å²) in [7, 11) is 2.22. The molecule has 1 N–H and O–H groups in total. The molecule has 3 fully saturated rings. The first-order valence-electron chi connectivity index (χ1n) is 7.44. The first kappa shape index (κ1) is 12.4. The second-order valence-electron chi connectivity index (χ2n) is 6.25. The van der Waals surface area contributed by atoms with Crippen LogP contribution in [-0.4, -0.2) is 61.0 Å². The molecule has 1 amide bonds. The summed E-state index contributed by atoms with van der Waals surface area (Å²) in [5.41, 5.74) is 0. The third-order valence-electron chi connectivity index (χ3n) is 4.91. The first-order valence-corrected chi connectivity index (χ1v) is 7.44. The van der Waals surface area contributed by atoms with Crippen molar-refractivity contribution in [1.29, 1.82) is 0 Å². The molecular weight excluding hydrogens is 226 g/mol. The van der Waals surface area contributed by atoms with Crippen LogP contribution in [0.15, 0.2) is 0 Å². The minimum atomic E-state index is 0.302. The highest BCUT2D eigenvalue weighted by molar-refractivity contribution is 5.78. The number of rotatable bonds is 4. The molecule has 1 saturated carbocycles. The Morgan fingerprint density at radius 1 is 1.17 bits per heavy atom. The summed E-state index contributed by atoms with van der Waals surface area (Å²) in [5.74, 6) is 1.15. The van der Waals surface area contributed by atoms with Gasteiger partial charge in [0.05, 0.1) is 6.54 Å². The number of carbonyl (C=O) groups is 1. The van der Waals surface area contributed by atoms with Gasteiger partial charge in [-0.15, -0.1) is 0 Å². The highest BCUT2D eigenvalue weighted by atomic mass is 16.2. The molecule has 2 bridgehead atoms. The van der Waals surface area contributed by atoms with Crippen molar-refractivity contribution in [2.24, 2.45) is 5.92 Å². The molecule has 2 heterocycles. The van der Waals surface area contributed by atoms with Crippen LogP contribution in [0.25, 0.3) is 0 Å². The highest BCUT2D eigenvalue weighted by Crippen LogP contribution is 2.29. The Morgan fingerprint density at radius 2 is 1.94 bits per heavy atom. The van der Waals surface area contributed by atoms with Gasteiger partial charge in [0.15, 0.2) is 0 Å². The molecule has 18 heavy (non-hydrogen) atoms. The number of nitrogens with one attached hydrogen (secondary N) is 1. The van der Waals surface area contributed by atoms with E-state index in [0.717, 1.165) is 32.0 Å². The molecule has 0 aromatic carbocycles. The maximum atomic E-state index is 12.2. The molecule has 2 saturated heterocycles. The van der Waals surface area contributed by atoms with Crippen molar-refractivity contribution in [3.63, 3.8) is 0 Å². The fourth-order valence-electron chi connectivity index (χ4n) is 3.35. The zero-order valence-corrected chi connectivity index (χ0v) is 11.4. The van der Waals surface area contributed by atoms with Crippen LogP contribution in [0.2, 0.25) is 0 Å². The lowest BCUT2D eigenvalue weighted by atomic mass is 10.1. The van der Waals surface area contributed by atoms with Crippen molar-refractivity contribution in [3.05, 3.63) is 0 Å². The van der Waals surface area contributed by atoms with E-state index in [1.165, 1.54) is 25.7 Å². The van der Waals surface area contributed by atoms with Crippen LogP contribution in [0.3, 0.4) is 0 Å². The van der Waals surface area contributed by atoms with Gasteiger partial charge in [-0.05, 0) is 51.6 Å². The fraction of sp³-hybridized carbons (Fsp3) is 0.929. The van der Waals surface area contributed by atoms with Gasteiger partial charge >= 0.3 is 0 Å². The molecular formula is C14H25N3O. The van der Waals surface area contributed by atoms with Crippen molar-refractivity contribution in [1.82, 2.24) is 15.1 Å². The summed E-state index contributed by atoms with van der Waals surface area (Å²) in [6, 6.07) is 1.32. The Labute approximate surface area is 110 Å². The molecule has 1 aliphatic carbocycles. The molecule has 0 aromatic heterocycles. The van der Waals surface area contributed by atoms with E-state index in [0.29, 0.717) is 24.5 Å². The molecule has 0 spiro atoms. The predicted octanol–water partition coefficient (Wildman–Crippen LogP) is 0.681. The van der Waals surface area contributed by atoms with Crippen molar-refractivity contribution < 1.29 is 4.79 Å². The lowest BCUT2D eigenvalue weighted by molar-refractivity contribution is -0.130. The maximum absolute atomic E-state index is 12.2. The molecule has 3 rings (SSSR count). The van der Waals surface area contributed by atoms with Crippen LogP contribution in [0.5, 0.6) is 0 Å². The zero-order valence-electron chi connectivity index (χ0n) is 11.4. The number of nitrogens with zero attached hydrogens (tertiary/aromatic N) is 2. The van der Waals surface area contributed by atoms with Crippen LogP contribution in [0.1, 0.15) is 32.1 Å². The average Bonchev–Trinajstić information content (AvgIpc) is 3.08. The SMILES string of the molecule is CN1C2CCC1CN(C(=O)CNCC1CC1)CC2. The Morgan fingerprint density at radius 3 is 2.72 bits per heavy atom. The van der Waals surface area contributed by atoms with Crippen LogP contribution in [0.4, 0.5) is 0 Å². The normalized spacial score (nSPS) is 32.6. The minimum Gasteiger partial charge on any atom is -0.340 e. The van der Waals surface area contributed by atoms with E-state index in [9.17, 15) is 4.79 Å². The molecule has 4 heteroatoms. The molecule has 2 atom stereocenters. The third-order valence-corrected chi connectivity index (χ3v) is 4.91. The van der Waals surface area contributed by atoms with Gasteiger partial charge in [-0.2, -0.15) is 0 Å². The summed E-state index contributed by atoms with van der Waals surface area (Å²) in [4.78, 5) is 16.8. The zero-order chi connectivity index (χ0) is 12.5. The molecule has 3 aliphatic rings. The smallest absolute Gasteiger partial charge is 0.236 e. The van der Waals surface area contributed by atoms with Gasteiger partial charge < -0.3 is 10.2 Å². The largest absolute Gasteiger partial charge is 0.340 e. The number of hydrogen-bond acceptors (Lipinski definition) is 3. The minimum absolute atomic E-state index is 0.302. The van der Waals surface area contributed by atoms with Gasteiger partial charge in [-0.25, -0.2) is 0 Å². The third kappa shape index (κ3) is 2.69. The van der Waals surface area contributed by atoms with Gasteiger partial charge in [0.25, 0.3) is 0 Å². The number of amides is 1. The van der Waals surface area contributed by atoms with Crippen LogP contribution in [-0.2, 0) is 4.79 Å². The second kappa shape index (κ2) is 5.17. The van der Waals surface area contributed by atoms with Crippen LogP contribution >= 0.6 is 0 Å². The number of fused-ring (bicyclic) bond motifs is 2. The van der Waals surface area contributed by atoms with E-state index in [1.807, 2.05) is 0 Å². The van der Waals surface area contributed by atoms with Gasteiger partial charge in [-0.3, -0.25) is 9.69 Å². The molecule has 2 aliphatic heterocycles. The second-order valence-corrected chi connectivity index (χ2v) is 6.25. The van der Waals surface area contributed by atoms with Crippen LogP contribution < -0.4 is 5.32 Å². The first-order chi connectivity index (χ1) is 8.74. The quantitative estimate of drug-likeness (QED) is 0.798. The maximum Gasteiger partial charge on any atom is 0.236 e. The fourth-order valence-corrected chi connectivity index (χ4v) is 3.35. The number of likely N-dealkylation sites (N-methyl/N-ethyl adjacent to an activating group) is 1. The van der Waals surface area contributed by atoms with E-state index >= 15 is 0 Å². The van der Waals surface area contributed by atoms with E-state index < -0.39 is 0 Å². The summed E-state index contributed by atoms with van der Waals surface area (Å²) in [5, 5.41) is 3.32. The van der Waals surface area contributed by atoms with Crippen LogP contribution in [0, 0.1) is 5.92 Å². The Balaban J connectivity index is 1.47. The van der Waals surface area contributed by atoms with Crippen molar-refractivity contribution in [3.8, 4) is 0 Å². The van der Waals surface area contributed by atoms with E-state index in [2.05, 4.69) is 22.2 Å². The van der Waals surface area contributed by atoms with Crippen molar-refractivity contribution in [2.45, 2.75) is 44.2 Å². The average molecular weight is 251 g/mol. The van der Waals surface area contributed by atoms with Gasteiger partial charge in [0.2, 0.25) is 5.91 Å². The molecule has 4 nitrogen and oxygen atoms in total. The molecule has 2 unspecified atom stereocenters. The lowest BCUT2D eigenvalue weighted by Crippen LogP contribution is -2.43. The predicted molar refractivity (Wildman–Crippen MR) is 71.4 cm³/mol. The van der Waals surface area contributed by atoms with Crippen molar-refractivity contribution >= 4 is 5.91 Å². The number of likely N-dealkylation sites (tertiary alicyclic amines) is 1. The number of hydrogen-bond donors (Lipinski definition) is 1. The summed E-state index contributed by atoms with van der Waals surface area (Å²) < 4.78 is 0. The summed E-state index contributed by atoms with van der Waals surface area (Å²) in [6.07, 6.45) is 6.43. The molecule has 0 aromatic rings. The van der Waals surface area contributed by atoms with E-state index in [-0.39, 0.29) is 0 Å². The monoisotopic (exact) mass is 251 g/mol. The Hall–Kier alpha value is -0.610. The summed E-state index contributed by atoms with van der Waals surface area (Å²) >= 11 is 0.